The number of benzene rings is 3. The van der Waals surface area contributed by atoms with Crippen LogP contribution in [0.4, 0.5) is 4.79 Å². The number of hydrogen-bond donors (Lipinski definition) is 3. The zero-order valence-corrected chi connectivity index (χ0v) is 35.7. The topological polar surface area (TPSA) is 151 Å². The molecule has 3 aromatic carbocycles. The summed E-state index contributed by atoms with van der Waals surface area (Å²) in [6.45, 7) is 15.5. The molecular formula is C42H61N2O10PSi. The molecule has 6 atom stereocenters. The quantitative estimate of drug-likeness (QED) is 0.0546. The lowest BCUT2D eigenvalue weighted by molar-refractivity contribution is -0.170. The number of carbonyl (C=O) groups is 2. The van der Waals surface area contributed by atoms with Gasteiger partial charge in [0, 0.05) is 26.0 Å². The standard InChI is InChI=1S/C42H61N2O10PSi/c1-31(2)42(4,5)56(6,7)53-30-36-26-37(54-55(47,48)52-25-17-24-43-41(46)51-29-35-22-15-10-16-23-35)38(44-32(3)45)40(50-28-34-20-13-9-14-21-34)39(36)49-27-33-18-11-8-12-19-33/h8-16,18-23,31,36-40H,17,24-30H2,1-7H3,(H,43,46)(H,44,45)(H,47,48)/t36-,37+,38-,39-,40-/m1/s1. The predicted molar refractivity (Wildman–Crippen MR) is 218 cm³/mol. The normalized spacial score (nSPS) is 21.3. The van der Waals surface area contributed by atoms with Gasteiger partial charge in [-0.25, -0.2) is 9.36 Å². The molecule has 0 aliphatic heterocycles. The molecule has 0 bridgehead atoms. The van der Waals surface area contributed by atoms with E-state index in [1.165, 1.54) is 6.92 Å². The molecule has 3 N–H and O–H groups in total. The number of phosphoric acid groups is 1. The van der Waals surface area contributed by atoms with E-state index < -0.39 is 46.6 Å². The Labute approximate surface area is 333 Å². The van der Waals surface area contributed by atoms with Gasteiger partial charge in [-0.15, -0.1) is 0 Å². The largest absolute Gasteiger partial charge is 0.472 e. The molecule has 1 aliphatic rings. The van der Waals surface area contributed by atoms with Crippen molar-refractivity contribution in [2.45, 2.75) is 110 Å². The number of hydrogen-bond acceptors (Lipinski definition) is 9. The van der Waals surface area contributed by atoms with Crippen molar-refractivity contribution in [3.63, 3.8) is 0 Å². The number of ether oxygens (including phenoxy) is 3. The van der Waals surface area contributed by atoms with E-state index >= 15 is 0 Å². The first-order chi connectivity index (χ1) is 26.6. The Bertz CT molecular complexity index is 1680. The van der Waals surface area contributed by atoms with E-state index in [1.807, 2.05) is 91.0 Å². The van der Waals surface area contributed by atoms with Gasteiger partial charge in [0.1, 0.15) is 12.7 Å². The molecule has 1 saturated carbocycles. The van der Waals surface area contributed by atoms with Crippen LogP contribution in [0.1, 0.15) is 64.2 Å². The number of phosphoric ester groups is 1. The molecule has 0 saturated heterocycles. The first-order valence-corrected chi connectivity index (χ1v) is 23.8. The monoisotopic (exact) mass is 812 g/mol. The molecule has 14 heteroatoms. The third-order valence-electron chi connectivity index (χ3n) is 11.0. The first kappa shape index (κ1) is 45.3. The third-order valence-corrected chi connectivity index (χ3v) is 16.6. The van der Waals surface area contributed by atoms with Gasteiger partial charge in [0.25, 0.3) is 0 Å². The lowest BCUT2D eigenvalue weighted by Gasteiger charge is -2.48. The molecule has 0 heterocycles. The lowest BCUT2D eigenvalue weighted by Crippen LogP contribution is -2.63. The highest BCUT2D eigenvalue weighted by molar-refractivity contribution is 7.47. The zero-order chi connectivity index (χ0) is 40.8. The van der Waals surface area contributed by atoms with Crippen molar-refractivity contribution >= 4 is 28.1 Å². The number of nitrogens with one attached hydrogen (secondary N) is 2. The Morgan fingerprint density at radius 3 is 1.89 bits per heavy atom. The first-order valence-electron chi connectivity index (χ1n) is 19.4. The van der Waals surface area contributed by atoms with Gasteiger partial charge < -0.3 is 34.2 Å². The molecule has 1 unspecified atom stereocenters. The number of carbonyl (C=O) groups excluding carboxylic acids is 2. The van der Waals surface area contributed by atoms with Crippen LogP contribution < -0.4 is 10.6 Å². The van der Waals surface area contributed by atoms with Gasteiger partial charge in [0.15, 0.2) is 8.32 Å². The summed E-state index contributed by atoms with van der Waals surface area (Å²) < 4.78 is 50.4. The van der Waals surface area contributed by atoms with Gasteiger partial charge in [-0.3, -0.25) is 13.8 Å². The summed E-state index contributed by atoms with van der Waals surface area (Å²) in [5.74, 6) is -0.342. The molecule has 3 aromatic rings. The van der Waals surface area contributed by atoms with E-state index in [4.69, 9.17) is 27.7 Å². The molecule has 0 aromatic heterocycles. The molecule has 2 amide bonds. The molecule has 1 fully saturated rings. The van der Waals surface area contributed by atoms with Crippen LogP contribution in [0.5, 0.6) is 0 Å². The van der Waals surface area contributed by atoms with Crippen molar-refractivity contribution in [3.8, 4) is 0 Å². The summed E-state index contributed by atoms with van der Waals surface area (Å²) >= 11 is 0. The summed E-state index contributed by atoms with van der Waals surface area (Å²) in [5, 5.41) is 5.51. The van der Waals surface area contributed by atoms with Crippen molar-refractivity contribution in [3.05, 3.63) is 108 Å². The van der Waals surface area contributed by atoms with E-state index in [-0.39, 0.29) is 69.3 Å². The Hall–Kier alpha value is -3.39. The summed E-state index contributed by atoms with van der Waals surface area (Å²) in [7, 11) is -7.02. The fourth-order valence-corrected chi connectivity index (χ4v) is 9.90. The number of amides is 2. The average Bonchev–Trinajstić information content (AvgIpc) is 3.16. The minimum atomic E-state index is -4.69. The van der Waals surface area contributed by atoms with Gasteiger partial charge in [-0.05, 0) is 53.6 Å². The van der Waals surface area contributed by atoms with Gasteiger partial charge >= 0.3 is 13.9 Å². The third kappa shape index (κ3) is 13.9. The maximum absolute atomic E-state index is 13.6. The highest BCUT2D eigenvalue weighted by Crippen LogP contribution is 2.49. The second kappa shape index (κ2) is 21.4. The van der Waals surface area contributed by atoms with E-state index in [9.17, 15) is 19.0 Å². The summed E-state index contributed by atoms with van der Waals surface area (Å²) in [6, 6.07) is 27.9. The van der Waals surface area contributed by atoms with Crippen LogP contribution in [0.15, 0.2) is 91.0 Å². The van der Waals surface area contributed by atoms with Gasteiger partial charge in [-0.2, -0.15) is 0 Å². The SMILES string of the molecule is CC(=O)N[C@H]1[C@@H](OCc2ccccc2)[C@H](OCc2ccccc2)[C@@H](CO[Si](C)(C)C(C)(C)C(C)C)C[C@@H]1OP(=O)(O)OCCCNC(=O)OCc1ccccc1. The zero-order valence-electron chi connectivity index (χ0n) is 33.8. The van der Waals surface area contributed by atoms with Crippen molar-refractivity contribution < 1.29 is 46.7 Å². The van der Waals surface area contributed by atoms with E-state index in [0.29, 0.717) is 5.92 Å². The van der Waals surface area contributed by atoms with Crippen molar-refractivity contribution in [2.24, 2.45) is 11.8 Å². The van der Waals surface area contributed by atoms with Crippen LogP contribution in [0.2, 0.25) is 18.1 Å². The molecule has 1 aliphatic carbocycles. The van der Waals surface area contributed by atoms with E-state index in [2.05, 4.69) is 51.4 Å². The van der Waals surface area contributed by atoms with Gasteiger partial charge in [-0.1, -0.05) is 119 Å². The predicted octanol–water partition coefficient (Wildman–Crippen LogP) is 8.16. The maximum Gasteiger partial charge on any atom is 0.472 e. The van der Waals surface area contributed by atoms with Crippen LogP contribution in [-0.2, 0) is 56.9 Å². The van der Waals surface area contributed by atoms with Crippen LogP contribution in [0.3, 0.4) is 0 Å². The highest BCUT2D eigenvalue weighted by atomic mass is 31.2. The lowest BCUT2D eigenvalue weighted by atomic mass is 9.79. The van der Waals surface area contributed by atoms with Crippen LogP contribution in [0.25, 0.3) is 0 Å². The summed E-state index contributed by atoms with van der Waals surface area (Å²) in [5.41, 5.74) is 2.73. The fraction of sp³-hybridized carbons (Fsp3) is 0.524. The minimum Gasteiger partial charge on any atom is -0.445 e. The Morgan fingerprint density at radius 1 is 0.857 bits per heavy atom. The molecule has 0 radical (unpaired) electrons. The molecular weight excluding hydrogens is 752 g/mol. The summed E-state index contributed by atoms with van der Waals surface area (Å²) in [4.78, 5) is 36.0. The molecule has 12 nitrogen and oxygen atoms in total. The smallest absolute Gasteiger partial charge is 0.445 e. The fourth-order valence-electron chi connectivity index (χ4n) is 6.52. The summed E-state index contributed by atoms with van der Waals surface area (Å²) in [6.07, 6.45) is -2.58. The van der Waals surface area contributed by atoms with E-state index in [1.54, 1.807) is 0 Å². The minimum absolute atomic E-state index is 0.0674. The Balaban J connectivity index is 1.53. The highest BCUT2D eigenvalue weighted by Gasteiger charge is 2.51. The van der Waals surface area contributed by atoms with Crippen LogP contribution >= 0.6 is 7.82 Å². The molecule has 308 valence electrons. The number of rotatable bonds is 21. The second-order valence-electron chi connectivity index (χ2n) is 15.7. The Kier molecular flexibility index (Phi) is 17.3. The van der Waals surface area contributed by atoms with Gasteiger partial charge in [0.2, 0.25) is 5.91 Å². The molecule has 56 heavy (non-hydrogen) atoms. The molecule has 4 rings (SSSR count). The van der Waals surface area contributed by atoms with Crippen LogP contribution in [0, 0.1) is 11.8 Å². The van der Waals surface area contributed by atoms with Crippen molar-refractivity contribution in [1.82, 2.24) is 10.6 Å². The second-order valence-corrected chi connectivity index (χ2v) is 21.7. The van der Waals surface area contributed by atoms with Crippen molar-refractivity contribution in [1.29, 1.82) is 0 Å². The van der Waals surface area contributed by atoms with E-state index in [0.717, 1.165) is 16.7 Å². The van der Waals surface area contributed by atoms with Gasteiger partial charge in [0.05, 0.1) is 38.1 Å². The Morgan fingerprint density at radius 2 is 1.38 bits per heavy atom. The maximum atomic E-state index is 13.6. The van der Waals surface area contributed by atoms with Crippen LogP contribution in [-0.4, -0.2) is 69.3 Å². The average molecular weight is 813 g/mol. The number of alkyl carbamates (subject to hydrolysis) is 1. The molecule has 0 spiro atoms. The van der Waals surface area contributed by atoms with Crippen molar-refractivity contribution in [2.75, 3.05) is 19.8 Å².